The zero-order valence-electron chi connectivity index (χ0n) is 16.1. The largest absolute Gasteiger partial charge is 0.366 e. The van der Waals surface area contributed by atoms with E-state index < -0.39 is 0 Å². The Morgan fingerprint density at radius 1 is 0.741 bits per heavy atom. The van der Waals surface area contributed by atoms with Crippen molar-refractivity contribution >= 4 is 23.1 Å². The van der Waals surface area contributed by atoms with Crippen LogP contribution in [-0.2, 0) is 9.59 Å². The maximum atomic E-state index is 13.4. The van der Waals surface area contributed by atoms with E-state index >= 15 is 0 Å². The summed E-state index contributed by atoms with van der Waals surface area (Å²) in [6, 6.07) is 13.7. The van der Waals surface area contributed by atoms with Crippen molar-refractivity contribution in [2.75, 3.05) is 18.0 Å². The number of nitrogens with zero attached hydrogens (tertiary/aromatic N) is 2. The lowest BCUT2D eigenvalue weighted by molar-refractivity contribution is -0.120. The van der Waals surface area contributed by atoms with E-state index in [-0.39, 0.29) is 11.8 Å². The molecule has 2 amide bonds. The summed E-state index contributed by atoms with van der Waals surface area (Å²) in [6.45, 7) is 7.63. The van der Waals surface area contributed by atoms with Gasteiger partial charge in [-0.3, -0.25) is 9.59 Å². The van der Waals surface area contributed by atoms with Crippen LogP contribution in [0.5, 0.6) is 0 Å². The molecule has 138 valence electrons. The molecule has 2 aliphatic rings. The van der Waals surface area contributed by atoms with Crippen molar-refractivity contribution in [3.05, 3.63) is 70.4 Å². The first-order valence-corrected chi connectivity index (χ1v) is 9.49. The monoisotopic (exact) mass is 360 g/mol. The molecule has 2 aliphatic heterocycles. The first-order valence-electron chi connectivity index (χ1n) is 9.49. The van der Waals surface area contributed by atoms with Gasteiger partial charge in [0.15, 0.2) is 0 Å². The van der Waals surface area contributed by atoms with Gasteiger partial charge in [-0.1, -0.05) is 35.9 Å². The standard InChI is InChI=1S/C23H24N2O2/c1-15-6-8-18(9-7-15)20-21(24-10-4-5-11-24)23(27)25(22(20)26)19-13-16(2)12-17(3)14-19/h6-9,12-14H,4-5,10-11H2,1-3H3. The second-order valence-corrected chi connectivity index (χ2v) is 7.58. The van der Waals surface area contributed by atoms with E-state index in [1.807, 2.05) is 63.2 Å². The Bertz CT molecular complexity index is 931. The normalized spacial score (nSPS) is 17.4. The van der Waals surface area contributed by atoms with E-state index in [4.69, 9.17) is 0 Å². The van der Waals surface area contributed by atoms with Crippen molar-refractivity contribution < 1.29 is 9.59 Å². The van der Waals surface area contributed by atoms with Crippen molar-refractivity contribution in [1.82, 2.24) is 4.90 Å². The Balaban J connectivity index is 1.85. The first kappa shape index (κ1) is 17.5. The van der Waals surface area contributed by atoms with Crippen LogP contribution in [0, 0.1) is 20.8 Å². The molecule has 0 atom stereocenters. The molecule has 0 aliphatic carbocycles. The molecule has 0 radical (unpaired) electrons. The molecule has 4 heteroatoms. The van der Waals surface area contributed by atoms with Gasteiger partial charge in [0.1, 0.15) is 5.70 Å². The number of rotatable bonds is 3. The summed E-state index contributed by atoms with van der Waals surface area (Å²) in [6.07, 6.45) is 2.10. The SMILES string of the molecule is Cc1ccc(C2=C(N3CCCC3)C(=O)N(c3cc(C)cc(C)c3)C2=O)cc1. The molecule has 1 saturated heterocycles. The summed E-state index contributed by atoms with van der Waals surface area (Å²) >= 11 is 0. The van der Waals surface area contributed by atoms with Gasteiger partial charge in [-0.25, -0.2) is 4.90 Å². The van der Waals surface area contributed by atoms with Crippen LogP contribution in [0.3, 0.4) is 0 Å². The highest BCUT2D eigenvalue weighted by Crippen LogP contribution is 2.36. The summed E-state index contributed by atoms with van der Waals surface area (Å²) in [5, 5.41) is 0. The van der Waals surface area contributed by atoms with Crippen molar-refractivity contribution in [2.45, 2.75) is 33.6 Å². The van der Waals surface area contributed by atoms with Gasteiger partial charge in [0.05, 0.1) is 11.3 Å². The Labute approximate surface area is 160 Å². The van der Waals surface area contributed by atoms with E-state index in [2.05, 4.69) is 4.90 Å². The van der Waals surface area contributed by atoms with Crippen LogP contribution in [-0.4, -0.2) is 29.8 Å². The molecule has 0 spiro atoms. The van der Waals surface area contributed by atoms with Gasteiger partial charge in [0.25, 0.3) is 11.8 Å². The van der Waals surface area contributed by atoms with E-state index in [9.17, 15) is 9.59 Å². The lowest BCUT2D eigenvalue weighted by atomic mass is 10.0. The van der Waals surface area contributed by atoms with Crippen LogP contribution in [0.15, 0.2) is 48.2 Å². The minimum atomic E-state index is -0.226. The molecule has 0 N–H and O–H groups in total. The quantitative estimate of drug-likeness (QED) is 0.777. The maximum Gasteiger partial charge on any atom is 0.282 e. The Morgan fingerprint density at radius 2 is 1.33 bits per heavy atom. The number of carbonyl (C=O) groups is 2. The highest BCUT2D eigenvalue weighted by Gasteiger charge is 2.43. The van der Waals surface area contributed by atoms with Crippen molar-refractivity contribution in [3.63, 3.8) is 0 Å². The van der Waals surface area contributed by atoms with Gasteiger partial charge in [-0.05, 0) is 62.4 Å². The van der Waals surface area contributed by atoms with Crippen molar-refractivity contribution in [2.24, 2.45) is 0 Å². The van der Waals surface area contributed by atoms with Crippen LogP contribution >= 0.6 is 0 Å². The van der Waals surface area contributed by atoms with Gasteiger partial charge in [-0.15, -0.1) is 0 Å². The number of benzene rings is 2. The second kappa shape index (κ2) is 6.69. The summed E-state index contributed by atoms with van der Waals surface area (Å²) in [4.78, 5) is 30.2. The zero-order chi connectivity index (χ0) is 19.1. The molecule has 0 saturated carbocycles. The van der Waals surface area contributed by atoms with Gasteiger partial charge in [-0.2, -0.15) is 0 Å². The van der Waals surface area contributed by atoms with E-state index in [1.165, 1.54) is 4.90 Å². The molecule has 4 nitrogen and oxygen atoms in total. The number of hydrogen-bond acceptors (Lipinski definition) is 3. The summed E-state index contributed by atoms with van der Waals surface area (Å²) in [7, 11) is 0. The zero-order valence-corrected chi connectivity index (χ0v) is 16.1. The number of amides is 2. The molecule has 1 fully saturated rings. The predicted octanol–water partition coefficient (Wildman–Crippen LogP) is 3.99. The number of imide groups is 1. The fourth-order valence-electron chi connectivity index (χ4n) is 4.05. The number of carbonyl (C=O) groups excluding carboxylic acids is 2. The third kappa shape index (κ3) is 3.05. The number of likely N-dealkylation sites (tertiary alicyclic amines) is 1. The van der Waals surface area contributed by atoms with E-state index in [0.717, 1.165) is 48.2 Å². The van der Waals surface area contributed by atoms with Gasteiger partial charge >= 0.3 is 0 Å². The van der Waals surface area contributed by atoms with E-state index in [1.54, 1.807) is 0 Å². The average molecular weight is 360 g/mol. The molecule has 0 bridgehead atoms. The Morgan fingerprint density at radius 3 is 1.93 bits per heavy atom. The highest BCUT2D eigenvalue weighted by atomic mass is 16.2. The lowest BCUT2D eigenvalue weighted by Gasteiger charge is -2.20. The molecular weight excluding hydrogens is 336 g/mol. The fourth-order valence-corrected chi connectivity index (χ4v) is 4.05. The number of hydrogen-bond donors (Lipinski definition) is 0. The van der Waals surface area contributed by atoms with Crippen molar-refractivity contribution in [3.8, 4) is 0 Å². The summed E-state index contributed by atoms with van der Waals surface area (Å²) in [5.41, 5.74) is 5.76. The molecule has 2 aromatic rings. The summed E-state index contributed by atoms with van der Waals surface area (Å²) in [5.74, 6) is -0.432. The van der Waals surface area contributed by atoms with E-state index in [0.29, 0.717) is 17.0 Å². The van der Waals surface area contributed by atoms with Crippen LogP contribution in [0.1, 0.15) is 35.1 Å². The molecule has 0 unspecified atom stereocenters. The number of anilines is 1. The molecule has 2 aromatic carbocycles. The maximum absolute atomic E-state index is 13.4. The fraction of sp³-hybridized carbons (Fsp3) is 0.304. The highest BCUT2D eigenvalue weighted by molar-refractivity contribution is 6.45. The molecule has 0 aromatic heterocycles. The minimum Gasteiger partial charge on any atom is -0.366 e. The smallest absolute Gasteiger partial charge is 0.282 e. The predicted molar refractivity (Wildman–Crippen MR) is 107 cm³/mol. The van der Waals surface area contributed by atoms with Crippen LogP contribution in [0.2, 0.25) is 0 Å². The Kier molecular flexibility index (Phi) is 4.34. The third-order valence-electron chi connectivity index (χ3n) is 5.29. The number of aryl methyl sites for hydroxylation is 3. The van der Waals surface area contributed by atoms with Gasteiger partial charge in [0, 0.05) is 13.1 Å². The first-order chi connectivity index (χ1) is 13.0. The average Bonchev–Trinajstić information content (AvgIpc) is 3.21. The van der Waals surface area contributed by atoms with Gasteiger partial charge < -0.3 is 4.90 Å². The summed E-state index contributed by atoms with van der Waals surface area (Å²) < 4.78 is 0. The van der Waals surface area contributed by atoms with Crippen molar-refractivity contribution in [1.29, 1.82) is 0 Å². The Hall–Kier alpha value is -2.88. The molecular formula is C23H24N2O2. The topological polar surface area (TPSA) is 40.6 Å². The third-order valence-corrected chi connectivity index (χ3v) is 5.29. The van der Waals surface area contributed by atoms with Crippen LogP contribution < -0.4 is 4.90 Å². The van der Waals surface area contributed by atoms with Crippen LogP contribution in [0.25, 0.3) is 5.57 Å². The molecule has 2 heterocycles. The minimum absolute atomic E-state index is 0.206. The molecule has 27 heavy (non-hydrogen) atoms. The molecule has 4 rings (SSSR count). The second-order valence-electron chi connectivity index (χ2n) is 7.58. The lowest BCUT2D eigenvalue weighted by Crippen LogP contribution is -2.34. The van der Waals surface area contributed by atoms with Crippen LogP contribution in [0.4, 0.5) is 5.69 Å². The van der Waals surface area contributed by atoms with Gasteiger partial charge in [0.2, 0.25) is 0 Å².